The number of nitrogens with zero attached hydrogens (tertiary/aromatic N) is 2. The van der Waals surface area contributed by atoms with E-state index in [1.165, 1.54) is 18.9 Å². The van der Waals surface area contributed by atoms with Gasteiger partial charge in [0.2, 0.25) is 5.89 Å². The average molecular weight is 312 g/mol. The van der Waals surface area contributed by atoms with Crippen molar-refractivity contribution in [2.75, 3.05) is 0 Å². The Hall–Kier alpha value is -1.27. The second kappa shape index (κ2) is 4.78. The van der Waals surface area contributed by atoms with Crippen LogP contribution < -0.4 is 5.32 Å². The molecule has 18 heavy (non-hydrogen) atoms. The molecular formula is C12H11BrFN3O. The van der Waals surface area contributed by atoms with Crippen LogP contribution in [0.15, 0.2) is 27.1 Å². The highest BCUT2D eigenvalue weighted by atomic mass is 79.9. The van der Waals surface area contributed by atoms with Crippen molar-refractivity contribution in [3.05, 3.63) is 34.4 Å². The molecule has 1 N–H and O–H groups in total. The Bertz CT molecular complexity index is 568. The number of hydrogen-bond acceptors (Lipinski definition) is 4. The van der Waals surface area contributed by atoms with Gasteiger partial charge in [-0.05, 0) is 31.0 Å². The van der Waals surface area contributed by atoms with E-state index in [0.29, 0.717) is 28.5 Å². The largest absolute Gasteiger partial charge is 0.419 e. The molecule has 2 aromatic rings. The summed E-state index contributed by atoms with van der Waals surface area (Å²) in [6, 6.07) is 5.31. The molecule has 4 nitrogen and oxygen atoms in total. The van der Waals surface area contributed by atoms with Gasteiger partial charge in [0.1, 0.15) is 5.82 Å². The molecule has 1 aliphatic rings. The lowest BCUT2D eigenvalue weighted by Gasteiger charge is -1.98. The van der Waals surface area contributed by atoms with E-state index in [4.69, 9.17) is 4.42 Å². The molecule has 0 radical (unpaired) electrons. The van der Waals surface area contributed by atoms with Crippen molar-refractivity contribution < 1.29 is 8.81 Å². The van der Waals surface area contributed by atoms with Gasteiger partial charge in [-0.1, -0.05) is 15.9 Å². The maximum absolute atomic E-state index is 13.7. The third-order valence-electron chi connectivity index (χ3n) is 2.75. The van der Waals surface area contributed by atoms with E-state index in [-0.39, 0.29) is 11.7 Å². The minimum absolute atomic E-state index is 0.215. The zero-order valence-corrected chi connectivity index (χ0v) is 11.1. The summed E-state index contributed by atoms with van der Waals surface area (Å²) in [7, 11) is 0. The molecule has 0 spiro atoms. The summed E-state index contributed by atoms with van der Waals surface area (Å²) in [5, 5.41) is 11.0. The molecule has 1 fully saturated rings. The van der Waals surface area contributed by atoms with Crippen molar-refractivity contribution in [2.45, 2.75) is 25.4 Å². The van der Waals surface area contributed by atoms with Gasteiger partial charge in [-0.3, -0.25) is 0 Å². The quantitative estimate of drug-likeness (QED) is 0.943. The van der Waals surface area contributed by atoms with E-state index in [9.17, 15) is 4.39 Å². The van der Waals surface area contributed by atoms with Gasteiger partial charge in [-0.15, -0.1) is 10.2 Å². The van der Waals surface area contributed by atoms with Crippen molar-refractivity contribution in [1.29, 1.82) is 0 Å². The van der Waals surface area contributed by atoms with Crippen molar-refractivity contribution in [3.63, 3.8) is 0 Å². The highest BCUT2D eigenvalue weighted by Crippen LogP contribution is 2.25. The molecule has 94 valence electrons. The third kappa shape index (κ3) is 2.59. The standard InChI is InChI=1S/C12H11BrFN3O/c13-7-1-4-9(10(14)5-7)12-17-16-11(18-12)6-15-8-2-3-8/h1,4-5,8,15H,2-3,6H2. The number of halogens is 2. The minimum atomic E-state index is -0.380. The fourth-order valence-electron chi connectivity index (χ4n) is 1.62. The first-order valence-electron chi connectivity index (χ1n) is 5.73. The van der Waals surface area contributed by atoms with Crippen molar-refractivity contribution in [2.24, 2.45) is 0 Å². The van der Waals surface area contributed by atoms with Crippen LogP contribution in [0.2, 0.25) is 0 Å². The van der Waals surface area contributed by atoms with E-state index in [0.717, 1.165) is 0 Å². The average Bonchev–Trinajstić information content (AvgIpc) is 3.05. The normalized spacial score (nSPS) is 15.0. The van der Waals surface area contributed by atoms with Gasteiger partial charge < -0.3 is 9.73 Å². The number of nitrogens with one attached hydrogen (secondary N) is 1. The Morgan fingerprint density at radius 1 is 1.39 bits per heavy atom. The number of benzene rings is 1. The van der Waals surface area contributed by atoms with Crippen molar-refractivity contribution in [1.82, 2.24) is 15.5 Å². The van der Waals surface area contributed by atoms with E-state index < -0.39 is 0 Å². The Balaban J connectivity index is 1.78. The summed E-state index contributed by atoms with van der Waals surface area (Å²) in [4.78, 5) is 0. The summed E-state index contributed by atoms with van der Waals surface area (Å²) < 4.78 is 19.8. The zero-order chi connectivity index (χ0) is 12.5. The molecule has 0 bridgehead atoms. The lowest BCUT2D eigenvalue weighted by Crippen LogP contribution is -2.15. The third-order valence-corrected chi connectivity index (χ3v) is 3.24. The SMILES string of the molecule is Fc1cc(Br)ccc1-c1nnc(CNC2CC2)o1. The first-order chi connectivity index (χ1) is 8.72. The maximum Gasteiger partial charge on any atom is 0.250 e. The predicted octanol–water partition coefficient (Wildman–Crippen LogP) is 2.89. The Labute approximate surface area is 112 Å². The molecule has 1 saturated carbocycles. The molecule has 1 aromatic heterocycles. The first kappa shape index (κ1) is 11.8. The van der Waals surface area contributed by atoms with E-state index in [1.807, 2.05) is 0 Å². The summed E-state index contributed by atoms with van der Waals surface area (Å²) in [5.74, 6) is 0.321. The molecule has 0 aliphatic heterocycles. The maximum atomic E-state index is 13.7. The second-order valence-electron chi connectivity index (χ2n) is 4.28. The number of rotatable bonds is 4. The molecule has 3 rings (SSSR count). The summed E-state index contributed by atoms with van der Waals surface area (Å²) >= 11 is 3.21. The predicted molar refractivity (Wildman–Crippen MR) is 67.3 cm³/mol. The van der Waals surface area contributed by atoms with Crippen molar-refractivity contribution in [3.8, 4) is 11.5 Å². The smallest absolute Gasteiger partial charge is 0.250 e. The number of aromatic nitrogens is 2. The molecule has 1 aliphatic carbocycles. The van der Waals surface area contributed by atoms with Crippen LogP contribution in [0.1, 0.15) is 18.7 Å². The summed E-state index contributed by atoms with van der Waals surface area (Å²) in [5.41, 5.74) is 0.323. The fourth-order valence-corrected chi connectivity index (χ4v) is 1.95. The number of hydrogen-bond donors (Lipinski definition) is 1. The van der Waals surface area contributed by atoms with Crippen LogP contribution in [0.5, 0.6) is 0 Å². The second-order valence-corrected chi connectivity index (χ2v) is 5.20. The van der Waals surface area contributed by atoms with Crippen LogP contribution in [-0.4, -0.2) is 16.2 Å². The zero-order valence-electron chi connectivity index (χ0n) is 9.49. The Kier molecular flexibility index (Phi) is 3.13. The van der Waals surface area contributed by atoms with Gasteiger partial charge >= 0.3 is 0 Å². The van der Waals surface area contributed by atoms with Gasteiger partial charge in [-0.2, -0.15) is 0 Å². The lowest BCUT2D eigenvalue weighted by molar-refractivity contribution is 0.474. The molecule has 0 saturated heterocycles. The first-order valence-corrected chi connectivity index (χ1v) is 6.53. The molecule has 6 heteroatoms. The van der Waals surface area contributed by atoms with Crippen LogP contribution in [-0.2, 0) is 6.54 Å². The van der Waals surface area contributed by atoms with Crippen LogP contribution in [0, 0.1) is 5.82 Å². The molecule has 0 atom stereocenters. The minimum Gasteiger partial charge on any atom is -0.419 e. The van der Waals surface area contributed by atoms with Gasteiger partial charge in [0.05, 0.1) is 12.1 Å². The van der Waals surface area contributed by atoms with Crippen LogP contribution in [0.3, 0.4) is 0 Å². The van der Waals surface area contributed by atoms with Gasteiger partial charge in [0, 0.05) is 10.5 Å². The van der Waals surface area contributed by atoms with Crippen LogP contribution in [0.4, 0.5) is 4.39 Å². The molecule has 1 aromatic carbocycles. The fraction of sp³-hybridized carbons (Fsp3) is 0.333. The Morgan fingerprint density at radius 2 is 2.22 bits per heavy atom. The highest BCUT2D eigenvalue weighted by Gasteiger charge is 2.21. The topological polar surface area (TPSA) is 51.0 Å². The van der Waals surface area contributed by atoms with Crippen LogP contribution in [0.25, 0.3) is 11.5 Å². The highest BCUT2D eigenvalue weighted by molar-refractivity contribution is 9.10. The van der Waals surface area contributed by atoms with Gasteiger partial charge in [-0.25, -0.2) is 4.39 Å². The molecule has 1 heterocycles. The molecule has 0 amide bonds. The lowest BCUT2D eigenvalue weighted by atomic mass is 10.2. The van der Waals surface area contributed by atoms with Crippen molar-refractivity contribution >= 4 is 15.9 Å². The molecule has 0 unspecified atom stereocenters. The molecular weight excluding hydrogens is 301 g/mol. The van der Waals surface area contributed by atoms with Gasteiger partial charge in [0.25, 0.3) is 5.89 Å². The summed E-state index contributed by atoms with van der Waals surface area (Å²) in [6.45, 7) is 0.538. The monoisotopic (exact) mass is 311 g/mol. The summed E-state index contributed by atoms with van der Waals surface area (Å²) in [6.07, 6.45) is 2.39. The van der Waals surface area contributed by atoms with Gasteiger partial charge in [0.15, 0.2) is 0 Å². The van der Waals surface area contributed by atoms with E-state index in [2.05, 4.69) is 31.4 Å². The Morgan fingerprint density at radius 3 is 2.94 bits per heavy atom. The van der Waals surface area contributed by atoms with E-state index >= 15 is 0 Å². The van der Waals surface area contributed by atoms with E-state index in [1.54, 1.807) is 12.1 Å². The van der Waals surface area contributed by atoms with Crippen LogP contribution >= 0.6 is 15.9 Å².